The van der Waals surface area contributed by atoms with Crippen molar-refractivity contribution in [2.45, 2.75) is 0 Å². The summed E-state index contributed by atoms with van der Waals surface area (Å²) in [7, 11) is 1.63. The molecule has 0 atom stereocenters. The molecular formula is C7H8ClNaO. The number of rotatable bonds is 1. The van der Waals surface area contributed by atoms with Crippen molar-refractivity contribution in [3.63, 3.8) is 0 Å². The molecule has 3 heteroatoms. The molecule has 1 nitrogen and oxygen atoms in total. The van der Waals surface area contributed by atoms with Crippen molar-refractivity contribution in [3.05, 3.63) is 29.3 Å². The molecule has 0 radical (unpaired) electrons. The van der Waals surface area contributed by atoms with Crippen molar-refractivity contribution in [3.8, 4) is 5.75 Å². The minimum atomic E-state index is 0. The molecule has 50 valence electrons. The van der Waals surface area contributed by atoms with E-state index in [0.29, 0.717) is 0 Å². The van der Waals surface area contributed by atoms with Crippen LogP contribution in [0.3, 0.4) is 0 Å². The molecule has 0 spiro atoms. The van der Waals surface area contributed by atoms with Crippen molar-refractivity contribution in [2.24, 2.45) is 0 Å². The van der Waals surface area contributed by atoms with Gasteiger partial charge in [0, 0.05) is 5.02 Å². The van der Waals surface area contributed by atoms with Gasteiger partial charge >= 0.3 is 29.6 Å². The van der Waals surface area contributed by atoms with Crippen LogP contribution in [-0.2, 0) is 0 Å². The van der Waals surface area contributed by atoms with Crippen LogP contribution in [0.4, 0.5) is 0 Å². The quantitative estimate of drug-likeness (QED) is 0.577. The summed E-state index contributed by atoms with van der Waals surface area (Å²) in [5.41, 5.74) is 0. The average Bonchev–Trinajstić information content (AvgIpc) is 1.90. The van der Waals surface area contributed by atoms with E-state index in [1.807, 2.05) is 12.1 Å². The summed E-state index contributed by atoms with van der Waals surface area (Å²) in [6, 6.07) is 7.23. The molecule has 0 saturated carbocycles. The Kier molecular flexibility index (Phi) is 5.18. The van der Waals surface area contributed by atoms with Gasteiger partial charge in [0.2, 0.25) is 0 Å². The third-order valence-corrected chi connectivity index (χ3v) is 1.30. The Hall–Kier alpha value is 0.310. The predicted octanol–water partition coefficient (Wildman–Crippen LogP) is 1.70. The zero-order valence-electron chi connectivity index (χ0n) is 5.10. The summed E-state index contributed by atoms with van der Waals surface area (Å²) in [5, 5.41) is 0.732. The van der Waals surface area contributed by atoms with Gasteiger partial charge in [-0.05, 0) is 24.3 Å². The Morgan fingerprint density at radius 1 is 1.20 bits per heavy atom. The second kappa shape index (κ2) is 5.03. The van der Waals surface area contributed by atoms with Crippen LogP contribution in [0.25, 0.3) is 0 Å². The van der Waals surface area contributed by atoms with E-state index in [4.69, 9.17) is 16.3 Å². The molecule has 0 amide bonds. The van der Waals surface area contributed by atoms with Gasteiger partial charge in [-0.25, -0.2) is 0 Å². The van der Waals surface area contributed by atoms with Gasteiger partial charge in [0.15, 0.2) is 0 Å². The summed E-state index contributed by atoms with van der Waals surface area (Å²) < 4.78 is 4.91. The maximum absolute atomic E-state index is 5.61. The molecule has 0 saturated heterocycles. The van der Waals surface area contributed by atoms with Gasteiger partial charge in [0.25, 0.3) is 0 Å². The molecule has 1 aromatic rings. The average molecular weight is 167 g/mol. The molecule has 0 bridgehead atoms. The molecule has 0 fully saturated rings. The van der Waals surface area contributed by atoms with Crippen LogP contribution in [0.15, 0.2) is 24.3 Å². The second-order valence-corrected chi connectivity index (χ2v) is 2.09. The predicted molar refractivity (Wildman–Crippen MR) is 45.2 cm³/mol. The number of halogens is 1. The van der Waals surface area contributed by atoms with Crippen molar-refractivity contribution < 1.29 is 4.74 Å². The summed E-state index contributed by atoms with van der Waals surface area (Å²) in [4.78, 5) is 0. The first-order valence-corrected chi connectivity index (χ1v) is 3.00. The zero-order chi connectivity index (χ0) is 6.69. The van der Waals surface area contributed by atoms with E-state index in [-0.39, 0.29) is 29.6 Å². The number of hydrogen-bond donors (Lipinski definition) is 0. The molecule has 0 heterocycles. The van der Waals surface area contributed by atoms with Gasteiger partial charge in [0.05, 0.1) is 7.11 Å². The summed E-state index contributed by atoms with van der Waals surface area (Å²) >= 11 is 5.61. The second-order valence-electron chi connectivity index (χ2n) is 1.66. The van der Waals surface area contributed by atoms with Crippen LogP contribution in [0, 0.1) is 0 Å². The number of methoxy groups -OCH3 is 1. The van der Waals surface area contributed by atoms with E-state index in [1.165, 1.54) is 0 Å². The van der Waals surface area contributed by atoms with Crippen LogP contribution >= 0.6 is 11.6 Å². The molecular weight excluding hydrogens is 159 g/mol. The van der Waals surface area contributed by atoms with Gasteiger partial charge in [0.1, 0.15) is 5.75 Å². The fraction of sp³-hybridized carbons (Fsp3) is 0.143. The van der Waals surface area contributed by atoms with Gasteiger partial charge < -0.3 is 4.74 Å². The Morgan fingerprint density at radius 2 is 1.70 bits per heavy atom. The van der Waals surface area contributed by atoms with Crippen molar-refractivity contribution in [1.82, 2.24) is 0 Å². The molecule has 0 aliphatic carbocycles. The molecule has 10 heavy (non-hydrogen) atoms. The van der Waals surface area contributed by atoms with E-state index < -0.39 is 0 Å². The van der Waals surface area contributed by atoms with Gasteiger partial charge in [-0.3, -0.25) is 0 Å². The van der Waals surface area contributed by atoms with E-state index >= 15 is 0 Å². The van der Waals surface area contributed by atoms with Crippen LogP contribution in [0.2, 0.25) is 5.02 Å². The Balaban J connectivity index is 0.000000810. The van der Waals surface area contributed by atoms with Crippen LogP contribution in [0.1, 0.15) is 0 Å². The fourth-order valence-electron chi connectivity index (χ4n) is 0.571. The SMILES string of the molecule is COc1ccc(Cl)cc1.[NaH]. The monoisotopic (exact) mass is 166 g/mol. The van der Waals surface area contributed by atoms with Crippen molar-refractivity contribution >= 4 is 41.2 Å². The topological polar surface area (TPSA) is 9.23 Å². The third-order valence-electron chi connectivity index (χ3n) is 1.05. The first-order valence-electron chi connectivity index (χ1n) is 2.62. The molecule has 0 aliphatic rings. The Morgan fingerprint density at radius 3 is 2.10 bits per heavy atom. The molecule has 0 aromatic heterocycles. The minimum absolute atomic E-state index is 0. The Labute approximate surface area is 87.6 Å². The van der Waals surface area contributed by atoms with Gasteiger partial charge in [-0.2, -0.15) is 0 Å². The zero-order valence-corrected chi connectivity index (χ0v) is 5.85. The van der Waals surface area contributed by atoms with Crippen LogP contribution in [0.5, 0.6) is 5.75 Å². The molecule has 1 rings (SSSR count). The number of benzene rings is 1. The van der Waals surface area contributed by atoms with E-state index in [9.17, 15) is 0 Å². The molecule has 0 N–H and O–H groups in total. The van der Waals surface area contributed by atoms with Gasteiger partial charge in [-0.1, -0.05) is 11.6 Å². The van der Waals surface area contributed by atoms with Crippen LogP contribution < -0.4 is 4.74 Å². The number of hydrogen-bond acceptors (Lipinski definition) is 1. The van der Waals surface area contributed by atoms with E-state index in [0.717, 1.165) is 10.8 Å². The van der Waals surface area contributed by atoms with E-state index in [1.54, 1.807) is 19.2 Å². The number of ether oxygens (including phenoxy) is 1. The van der Waals surface area contributed by atoms with Crippen molar-refractivity contribution in [1.29, 1.82) is 0 Å². The first-order chi connectivity index (χ1) is 4.33. The summed E-state index contributed by atoms with van der Waals surface area (Å²) in [6.07, 6.45) is 0. The molecule has 0 unspecified atom stereocenters. The molecule has 0 aliphatic heterocycles. The first kappa shape index (κ1) is 10.3. The standard InChI is InChI=1S/C7H7ClO.Na.H/c1-9-7-4-2-6(8)3-5-7;;/h2-5H,1H3;;. The summed E-state index contributed by atoms with van der Waals surface area (Å²) in [5.74, 6) is 0.833. The van der Waals surface area contributed by atoms with Crippen LogP contribution in [-0.4, -0.2) is 36.7 Å². The third kappa shape index (κ3) is 2.93. The normalized spacial score (nSPS) is 8.20. The Bertz CT molecular complexity index is 185. The van der Waals surface area contributed by atoms with Crippen molar-refractivity contribution in [2.75, 3.05) is 7.11 Å². The fourth-order valence-corrected chi connectivity index (χ4v) is 0.697. The summed E-state index contributed by atoms with van der Waals surface area (Å²) in [6.45, 7) is 0. The van der Waals surface area contributed by atoms with Gasteiger partial charge in [-0.15, -0.1) is 0 Å². The van der Waals surface area contributed by atoms with E-state index in [2.05, 4.69) is 0 Å². The maximum atomic E-state index is 5.61. The molecule has 1 aromatic carbocycles.